The van der Waals surface area contributed by atoms with Crippen LogP contribution in [0.1, 0.15) is 26.1 Å². The summed E-state index contributed by atoms with van der Waals surface area (Å²) in [4.78, 5) is 25.7. The number of hydrogen-bond acceptors (Lipinski definition) is 5. The Morgan fingerprint density at radius 3 is 2.50 bits per heavy atom. The van der Waals surface area contributed by atoms with Gasteiger partial charge in [0.2, 0.25) is 0 Å². The molecule has 1 heterocycles. The molecule has 1 amide bonds. The van der Waals surface area contributed by atoms with Gasteiger partial charge in [-0.15, -0.1) is 23.5 Å². The third-order valence-corrected chi connectivity index (χ3v) is 7.71. The summed E-state index contributed by atoms with van der Waals surface area (Å²) in [6.45, 7) is -0.426. The smallest absolute Gasteiger partial charge is 0.338 e. The second-order valence-electron chi connectivity index (χ2n) is 6.22. The molecule has 1 saturated heterocycles. The van der Waals surface area contributed by atoms with E-state index in [4.69, 9.17) is 16.3 Å². The molecule has 1 aliphatic heterocycles. The summed E-state index contributed by atoms with van der Waals surface area (Å²) in [5.74, 6) is 0.773. The van der Waals surface area contributed by atoms with Gasteiger partial charge in [0, 0.05) is 35.7 Å². The van der Waals surface area contributed by atoms with Gasteiger partial charge in [-0.25, -0.2) is 9.18 Å². The Bertz CT molecular complexity index is 837. The van der Waals surface area contributed by atoms with Crippen LogP contribution in [0.4, 0.5) is 4.39 Å². The fraction of sp³-hybridized carbons (Fsp3) is 0.300. The van der Waals surface area contributed by atoms with Crippen molar-refractivity contribution in [3.8, 4) is 0 Å². The lowest BCUT2D eigenvalue weighted by Gasteiger charge is -2.18. The van der Waals surface area contributed by atoms with E-state index >= 15 is 0 Å². The highest BCUT2D eigenvalue weighted by Crippen LogP contribution is 2.45. The number of amides is 1. The minimum absolute atomic E-state index is 0.00664. The highest BCUT2D eigenvalue weighted by molar-refractivity contribution is 8.19. The van der Waals surface area contributed by atoms with Gasteiger partial charge in [0.25, 0.3) is 5.91 Å². The average Bonchev–Trinajstić information content (AvgIpc) is 3.23. The molecule has 0 radical (unpaired) electrons. The Morgan fingerprint density at radius 1 is 1.18 bits per heavy atom. The number of benzene rings is 2. The molecule has 2 aromatic rings. The van der Waals surface area contributed by atoms with E-state index < -0.39 is 24.3 Å². The first-order valence-electron chi connectivity index (χ1n) is 8.63. The second-order valence-corrected chi connectivity index (χ2v) is 9.35. The number of hydrogen-bond donors (Lipinski definition) is 0. The predicted octanol–water partition coefficient (Wildman–Crippen LogP) is 4.77. The molecule has 0 N–H and O–H groups in total. The van der Waals surface area contributed by atoms with Crippen molar-refractivity contribution in [3.05, 3.63) is 70.0 Å². The highest BCUT2D eigenvalue weighted by Gasteiger charge is 2.20. The summed E-state index contributed by atoms with van der Waals surface area (Å²) in [6.07, 6.45) is 0. The highest BCUT2D eigenvalue weighted by atomic mass is 35.5. The van der Waals surface area contributed by atoms with Gasteiger partial charge >= 0.3 is 5.97 Å². The van der Waals surface area contributed by atoms with Crippen LogP contribution >= 0.6 is 35.1 Å². The maximum absolute atomic E-state index is 13.8. The monoisotopic (exact) mass is 439 g/mol. The van der Waals surface area contributed by atoms with Crippen molar-refractivity contribution in [2.75, 3.05) is 25.2 Å². The molecule has 0 atom stereocenters. The van der Waals surface area contributed by atoms with Crippen LogP contribution in [0.25, 0.3) is 0 Å². The summed E-state index contributed by atoms with van der Waals surface area (Å²) >= 11 is 9.76. The van der Waals surface area contributed by atoms with E-state index in [1.54, 1.807) is 18.2 Å². The van der Waals surface area contributed by atoms with Crippen LogP contribution in [0.2, 0.25) is 5.02 Å². The van der Waals surface area contributed by atoms with Gasteiger partial charge in [-0.2, -0.15) is 0 Å². The van der Waals surface area contributed by atoms with Gasteiger partial charge in [0.05, 0.1) is 10.1 Å². The lowest BCUT2D eigenvalue weighted by Crippen LogP contribution is -2.31. The van der Waals surface area contributed by atoms with Gasteiger partial charge < -0.3 is 9.64 Å². The van der Waals surface area contributed by atoms with Gasteiger partial charge in [-0.05, 0) is 29.8 Å². The van der Waals surface area contributed by atoms with Crippen LogP contribution in [-0.4, -0.2) is 41.9 Å². The van der Waals surface area contributed by atoms with Gasteiger partial charge in [-0.1, -0.05) is 29.8 Å². The largest absolute Gasteiger partial charge is 0.452 e. The molecular weight excluding hydrogens is 421 g/mol. The van der Waals surface area contributed by atoms with E-state index in [1.807, 2.05) is 35.7 Å². The van der Waals surface area contributed by atoms with Crippen LogP contribution in [0.5, 0.6) is 0 Å². The molecule has 2 aromatic carbocycles. The minimum Gasteiger partial charge on any atom is -0.452 e. The molecule has 4 nitrogen and oxygen atoms in total. The molecule has 28 heavy (non-hydrogen) atoms. The van der Waals surface area contributed by atoms with Crippen LogP contribution in [-0.2, 0) is 16.1 Å². The Morgan fingerprint density at radius 2 is 1.86 bits per heavy atom. The van der Waals surface area contributed by atoms with E-state index in [9.17, 15) is 14.0 Å². The van der Waals surface area contributed by atoms with Crippen LogP contribution in [0.15, 0.2) is 42.5 Å². The number of carbonyl (C=O) groups is 2. The van der Waals surface area contributed by atoms with Crippen molar-refractivity contribution in [2.45, 2.75) is 11.1 Å². The third-order valence-electron chi connectivity index (χ3n) is 4.25. The Labute approximate surface area is 176 Å². The number of carbonyl (C=O) groups excluding carboxylic acids is 2. The molecule has 1 fully saturated rings. The number of esters is 1. The number of rotatable bonds is 6. The Hall–Kier alpha value is -1.70. The van der Waals surface area contributed by atoms with E-state index in [0.717, 1.165) is 11.5 Å². The molecule has 1 aliphatic rings. The van der Waals surface area contributed by atoms with Crippen molar-refractivity contribution in [2.24, 2.45) is 0 Å². The van der Waals surface area contributed by atoms with Crippen LogP contribution < -0.4 is 0 Å². The zero-order chi connectivity index (χ0) is 20.1. The molecule has 0 spiro atoms. The van der Waals surface area contributed by atoms with Crippen molar-refractivity contribution in [1.29, 1.82) is 0 Å². The number of halogens is 2. The topological polar surface area (TPSA) is 46.6 Å². The second kappa shape index (κ2) is 9.67. The lowest BCUT2D eigenvalue weighted by atomic mass is 10.1. The van der Waals surface area contributed by atoms with Crippen molar-refractivity contribution >= 4 is 47.0 Å². The quantitative estimate of drug-likeness (QED) is 0.606. The standard InChI is InChI=1S/C20H19ClFNO3S2/c1-23(11-15-16(21)3-2-4-17(15)22)18(24)12-26-19(25)13-5-7-14(8-6-13)20-27-9-10-28-20/h2-8,20H,9-12H2,1H3. The fourth-order valence-electron chi connectivity index (χ4n) is 2.66. The normalized spacial score (nSPS) is 14.1. The number of nitrogens with zero attached hydrogens (tertiary/aromatic N) is 1. The van der Waals surface area contributed by atoms with Gasteiger partial charge in [-0.3, -0.25) is 4.79 Å². The van der Waals surface area contributed by atoms with Crippen molar-refractivity contribution in [3.63, 3.8) is 0 Å². The number of thioether (sulfide) groups is 2. The summed E-state index contributed by atoms with van der Waals surface area (Å²) in [5.41, 5.74) is 1.79. The number of likely N-dealkylation sites (N-methyl/N-ethyl adjacent to an activating group) is 1. The minimum atomic E-state index is -0.566. The first kappa shape index (κ1) is 21.0. The van der Waals surface area contributed by atoms with Crippen LogP contribution in [0.3, 0.4) is 0 Å². The third kappa shape index (κ3) is 5.21. The zero-order valence-corrected chi connectivity index (χ0v) is 17.6. The first-order valence-corrected chi connectivity index (χ1v) is 11.1. The Balaban J connectivity index is 1.52. The van der Waals surface area contributed by atoms with E-state index in [-0.39, 0.29) is 17.1 Å². The SMILES string of the molecule is CN(Cc1c(F)cccc1Cl)C(=O)COC(=O)c1ccc(C2SCCS2)cc1. The summed E-state index contributed by atoms with van der Waals surface area (Å²) in [6, 6.07) is 11.6. The van der Waals surface area contributed by atoms with E-state index in [0.29, 0.717) is 10.1 Å². The molecule has 3 rings (SSSR count). The van der Waals surface area contributed by atoms with Crippen LogP contribution in [0, 0.1) is 5.82 Å². The lowest BCUT2D eigenvalue weighted by molar-refractivity contribution is -0.133. The molecule has 0 bridgehead atoms. The van der Waals surface area contributed by atoms with E-state index in [2.05, 4.69) is 0 Å². The molecule has 0 saturated carbocycles. The first-order chi connectivity index (χ1) is 13.5. The van der Waals surface area contributed by atoms with Crippen molar-refractivity contribution < 1.29 is 18.7 Å². The van der Waals surface area contributed by atoms with Gasteiger partial charge in [0.15, 0.2) is 6.61 Å². The summed E-state index contributed by atoms with van der Waals surface area (Å²) in [7, 11) is 1.50. The van der Waals surface area contributed by atoms with Gasteiger partial charge in [0.1, 0.15) is 5.82 Å². The number of ether oxygens (including phenoxy) is 1. The fourth-order valence-corrected chi connectivity index (χ4v) is 5.74. The zero-order valence-electron chi connectivity index (χ0n) is 15.2. The maximum atomic E-state index is 13.8. The Kier molecular flexibility index (Phi) is 7.26. The molecular formula is C20H19ClFNO3S2. The summed E-state index contributed by atoms with van der Waals surface area (Å²) < 4.78 is 19.4. The van der Waals surface area contributed by atoms with Crippen molar-refractivity contribution in [1.82, 2.24) is 4.90 Å². The summed E-state index contributed by atoms with van der Waals surface area (Å²) in [5, 5.41) is 0.246. The molecule has 0 aromatic heterocycles. The molecule has 0 aliphatic carbocycles. The maximum Gasteiger partial charge on any atom is 0.338 e. The van der Waals surface area contributed by atoms with E-state index in [1.165, 1.54) is 29.6 Å². The average molecular weight is 440 g/mol. The molecule has 148 valence electrons. The predicted molar refractivity (Wildman–Crippen MR) is 112 cm³/mol. The molecule has 0 unspecified atom stereocenters. The molecule has 8 heteroatoms.